The van der Waals surface area contributed by atoms with Crippen molar-refractivity contribution >= 4 is 11.9 Å². The lowest BCUT2D eigenvalue weighted by Gasteiger charge is -2.24. The number of amides is 1. The summed E-state index contributed by atoms with van der Waals surface area (Å²) in [6.07, 6.45) is 47.5. The van der Waals surface area contributed by atoms with E-state index >= 15 is 0 Å². The highest BCUT2D eigenvalue weighted by atomic mass is 16.5. The number of hydrogen-bond acceptors (Lipinski definition) is 5. The molecule has 3 N–H and O–H groups in total. The summed E-state index contributed by atoms with van der Waals surface area (Å²) in [6.45, 7) is 6.29. The van der Waals surface area contributed by atoms with Crippen molar-refractivity contribution in [1.82, 2.24) is 5.32 Å². The van der Waals surface area contributed by atoms with Crippen LogP contribution in [0, 0.1) is 0 Å². The van der Waals surface area contributed by atoms with E-state index in [2.05, 4.69) is 56.5 Å². The first-order valence-electron chi connectivity index (χ1n) is 22.4. The average Bonchev–Trinajstić information content (AvgIpc) is 3.15. The number of hydrogen-bond donors (Lipinski definition) is 3. The summed E-state index contributed by atoms with van der Waals surface area (Å²) in [5.74, 6) is -0.505. The lowest BCUT2D eigenvalue weighted by molar-refractivity contribution is -0.151. The van der Waals surface area contributed by atoms with Crippen LogP contribution in [0.5, 0.6) is 0 Å². The topological polar surface area (TPSA) is 95.9 Å². The van der Waals surface area contributed by atoms with E-state index in [0.717, 1.165) is 83.5 Å². The molecule has 0 aromatic heterocycles. The molecule has 0 aliphatic rings. The van der Waals surface area contributed by atoms with Gasteiger partial charge in [0.2, 0.25) is 5.91 Å². The molecule has 0 aliphatic carbocycles. The first-order chi connectivity index (χ1) is 26.0. The monoisotopic (exact) mass is 744 g/mol. The Balaban J connectivity index is 4.49. The zero-order chi connectivity index (χ0) is 38.9. The van der Waals surface area contributed by atoms with Gasteiger partial charge in [-0.25, -0.2) is 0 Å². The lowest BCUT2D eigenvalue weighted by atomic mass is 10.0. The third-order valence-electron chi connectivity index (χ3n) is 10.0. The zero-order valence-electron chi connectivity index (χ0n) is 34.9. The van der Waals surface area contributed by atoms with Gasteiger partial charge in [-0.2, -0.15) is 0 Å². The van der Waals surface area contributed by atoms with Gasteiger partial charge in [0.1, 0.15) is 6.10 Å². The molecule has 0 rings (SSSR count). The molecule has 0 heterocycles. The van der Waals surface area contributed by atoms with E-state index in [-0.39, 0.29) is 24.9 Å². The molecular weight excluding hydrogens is 659 g/mol. The van der Waals surface area contributed by atoms with Gasteiger partial charge in [0.25, 0.3) is 0 Å². The third-order valence-corrected chi connectivity index (χ3v) is 10.0. The second kappa shape index (κ2) is 41.0. The van der Waals surface area contributed by atoms with Crippen LogP contribution < -0.4 is 5.32 Å². The maximum atomic E-state index is 13.1. The molecule has 6 nitrogen and oxygen atoms in total. The first kappa shape index (κ1) is 50.8. The van der Waals surface area contributed by atoms with E-state index < -0.39 is 18.2 Å². The number of esters is 1. The zero-order valence-corrected chi connectivity index (χ0v) is 34.9. The van der Waals surface area contributed by atoms with Gasteiger partial charge in [0.05, 0.1) is 25.2 Å². The molecule has 6 heteroatoms. The minimum absolute atomic E-state index is 0.0678. The molecule has 0 bridgehead atoms. The third kappa shape index (κ3) is 36.6. The predicted octanol–water partition coefficient (Wildman–Crippen LogP) is 12.7. The number of rotatable bonds is 39. The standard InChI is InChI=1S/C47H85NO5/c1-4-7-10-13-16-18-20-22-23-24-26-28-31-34-37-40-47(52)53-43(38-35-32-29-15-12-9-6-3)41-46(51)48-44(42-49)45(50)39-36-33-30-27-25-21-19-17-14-11-8-5-2/h7,10,13,16,18,20,22-23,43-45,49-50H,4-6,8-9,11-12,14-15,17,19,21,24-42H2,1-3H3,(H,48,51)/b10-7+,16-13+,20-18+,23-22-. The molecule has 0 aliphatic heterocycles. The number of unbranched alkanes of at least 4 members (excludes halogenated alkanes) is 22. The van der Waals surface area contributed by atoms with Gasteiger partial charge in [-0.3, -0.25) is 9.59 Å². The molecule has 0 saturated carbocycles. The Labute approximate surface area is 327 Å². The Morgan fingerprint density at radius 3 is 1.55 bits per heavy atom. The molecule has 0 aromatic rings. The maximum absolute atomic E-state index is 13.1. The highest BCUT2D eigenvalue weighted by Crippen LogP contribution is 2.17. The molecule has 1 amide bonds. The van der Waals surface area contributed by atoms with Gasteiger partial charge in [0, 0.05) is 6.42 Å². The minimum atomic E-state index is -0.788. The summed E-state index contributed by atoms with van der Waals surface area (Å²) in [5.41, 5.74) is 0. The first-order valence-corrected chi connectivity index (χ1v) is 22.4. The van der Waals surface area contributed by atoms with E-state index in [1.165, 1.54) is 83.5 Å². The van der Waals surface area contributed by atoms with Gasteiger partial charge < -0.3 is 20.3 Å². The van der Waals surface area contributed by atoms with Crippen molar-refractivity contribution < 1.29 is 24.5 Å². The van der Waals surface area contributed by atoms with E-state index in [1.54, 1.807) is 0 Å². The fourth-order valence-corrected chi connectivity index (χ4v) is 6.62. The molecule has 0 spiro atoms. The fourth-order valence-electron chi connectivity index (χ4n) is 6.62. The van der Waals surface area contributed by atoms with Gasteiger partial charge in [-0.1, -0.05) is 204 Å². The van der Waals surface area contributed by atoms with Gasteiger partial charge >= 0.3 is 5.97 Å². The number of aliphatic hydroxyl groups excluding tert-OH is 2. The van der Waals surface area contributed by atoms with Crippen molar-refractivity contribution in [2.45, 2.75) is 232 Å². The van der Waals surface area contributed by atoms with Crippen molar-refractivity contribution in [2.24, 2.45) is 0 Å². The molecule has 53 heavy (non-hydrogen) atoms. The number of aliphatic hydroxyl groups is 2. The second-order valence-electron chi connectivity index (χ2n) is 15.2. The van der Waals surface area contributed by atoms with Crippen molar-refractivity contribution in [3.8, 4) is 0 Å². The van der Waals surface area contributed by atoms with E-state index in [0.29, 0.717) is 19.3 Å². The Hall–Kier alpha value is -2.18. The summed E-state index contributed by atoms with van der Waals surface area (Å²) in [5, 5.41) is 23.6. The SMILES string of the molecule is CC/C=C/C=C/C=C/C=C\CCCCCCCC(=O)OC(CCCCCCCCC)CC(=O)NC(CO)C(O)CCCCCCCCCCCCCC. The van der Waals surface area contributed by atoms with Crippen LogP contribution in [0.4, 0.5) is 0 Å². The highest BCUT2D eigenvalue weighted by molar-refractivity contribution is 5.77. The van der Waals surface area contributed by atoms with Crippen LogP contribution in [0.2, 0.25) is 0 Å². The molecule has 0 fully saturated rings. The summed E-state index contributed by atoms with van der Waals surface area (Å²) >= 11 is 0. The number of ether oxygens (including phenoxy) is 1. The fraction of sp³-hybridized carbons (Fsp3) is 0.787. The quantitative estimate of drug-likeness (QED) is 0.0331. The molecule has 0 aromatic carbocycles. The van der Waals surface area contributed by atoms with Crippen LogP contribution in [-0.2, 0) is 14.3 Å². The molecule has 3 atom stereocenters. The Kier molecular flexibility index (Phi) is 39.3. The van der Waals surface area contributed by atoms with Gasteiger partial charge in [0.15, 0.2) is 0 Å². The van der Waals surface area contributed by atoms with E-state index in [4.69, 9.17) is 4.74 Å². The number of nitrogens with one attached hydrogen (secondary N) is 1. The number of carbonyl (C=O) groups excluding carboxylic acids is 2. The minimum Gasteiger partial charge on any atom is -0.462 e. The molecular formula is C47H85NO5. The predicted molar refractivity (Wildman–Crippen MR) is 227 cm³/mol. The molecule has 0 saturated heterocycles. The van der Waals surface area contributed by atoms with Gasteiger partial charge in [-0.05, 0) is 44.9 Å². The average molecular weight is 744 g/mol. The Bertz CT molecular complexity index is 926. The largest absolute Gasteiger partial charge is 0.462 e. The highest BCUT2D eigenvalue weighted by Gasteiger charge is 2.24. The van der Waals surface area contributed by atoms with Crippen LogP contribution in [-0.4, -0.2) is 46.9 Å². The Morgan fingerprint density at radius 1 is 0.566 bits per heavy atom. The van der Waals surface area contributed by atoms with Crippen molar-refractivity contribution in [1.29, 1.82) is 0 Å². The smallest absolute Gasteiger partial charge is 0.306 e. The van der Waals surface area contributed by atoms with Crippen LogP contribution in [0.25, 0.3) is 0 Å². The van der Waals surface area contributed by atoms with E-state index in [1.807, 2.05) is 18.2 Å². The van der Waals surface area contributed by atoms with Crippen LogP contribution >= 0.6 is 0 Å². The van der Waals surface area contributed by atoms with Crippen LogP contribution in [0.15, 0.2) is 48.6 Å². The van der Waals surface area contributed by atoms with E-state index in [9.17, 15) is 19.8 Å². The van der Waals surface area contributed by atoms with Crippen LogP contribution in [0.3, 0.4) is 0 Å². The molecule has 308 valence electrons. The van der Waals surface area contributed by atoms with Crippen molar-refractivity contribution in [2.75, 3.05) is 6.61 Å². The number of allylic oxidation sites excluding steroid dienone is 8. The summed E-state index contributed by atoms with van der Waals surface area (Å²) in [4.78, 5) is 25.9. The van der Waals surface area contributed by atoms with Crippen molar-refractivity contribution in [3.05, 3.63) is 48.6 Å². The van der Waals surface area contributed by atoms with Gasteiger partial charge in [-0.15, -0.1) is 0 Å². The Morgan fingerprint density at radius 2 is 1.02 bits per heavy atom. The second-order valence-corrected chi connectivity index (χ2v) is 15.2. The van der Waals surface area contributed by atoms with Crippen molar-refractivity contribution in [3.63, 3.8) is 0 Å². The molecule has 3 unspecified atom stereocenters. The summed E-state index contributed by atoms with van der Waals surface area (Å²) in [7, 11) is 0. The maximum Gasteiger partial charge on any atom is 0.306 e. The lowest BCUT2D eigenvalue weighted by Crippen LogP contribution is -2.46. The summed E-state index contributed by atoms with van der Waals surface area (Å²) in [6, 6.07) is -0.702. The van der Waals surface area contributed by atoms with Crippen LogP contribution in [0.1, 0.15) is 213 Å². The molecule has 0 radical (unpaired) electrons. The number of carbonyl (C=O) groups is 2. The summed E-state index contributed by atoms with van der Waals surface area (Å²) < 4.78 is 5.86. The normalized spacial score (nSPS) is 13.8.